The molecule has 2 unspecified atom stereocenters. The van der Waals surface area contributed by atoms with E-state index < -0.39 is 4.92 Å². The predicted octanol–water partition coefficient (Wildman–Crippen LogP) is 2.15. The van der Waals surface area contributed by atoms with Gasteiger partial charge in [0.2, 0.25) is 5.91 Å². The summed E-state index contributed by atoms with van der Waals surface area (Å²) in [6.07, 6.45) is 2.88. The lowest BCUT2D eigenvalue weighted by molar-refractivity contribution is -0.384. The number of rotatable bonds is 8. The van der Waals surface area contributed by atoms with E-state index in [1.165, 1.54) is 18.9 Å². The number of carbonyl (C=O) groups excluding carboxylic acids is 1. The Morgan fingerprint density at radius 1 is 1.42 bits per heavy atom. The third kappa shape index (κ3) is 5.49. The highest BCUT2D eigenvalue weighted by molar-refractivity contribution is 5.76. The Bertz CT molecular complexity index is 559. The fourth-order valence-corrected chi connectivity index (χ4v) is 3.08. The zero-order valence-corrected chi connectivity index (χ0v) is 14.1. The molecule has 1 amide bonds. The molecular weight excluding hydrogens is 308 g/mol. The molecule has 1 aromatic rings. The molecule has 132 valence electrons. The predicted molar refractivity (Wildman–Crippen MR) is 94.0 cm³/mol. The minimum absolute atomic E-state index is 0.0393. The zero-order chi connectivity index (χ0) is 17.4. The largest absolute Gasteiger partial charge is 0.378 e. The Morgan fingerprint density at radius 3 is 2.92 bits per heavy atom. The number of nitro groups is 1. The molecular formula is C17H26N4O3. The topological polar surface area (TPSA) is 96.3 Å². The van der Waals surface area contributed by atoms with Crippen molar-refractivity contribution in [1.82, 2.24) is 10.6 Å². The van der Waals surface area contributed by atoms with E-state index >= 15 is 0 Å². The molecule has 2 rings (SSSR count). The Morgan fingerprint density at radius 2 is 2.21 bits per heavy atom. The molecule has 7 nitrogen and oxygen atoms in total. The third-order valence-corrected chi connectivity index (χ3v) is 4.51. The monoisotopic (exact) mass is 334 g/mol. The molecule has 0 radical (unpaired) electrons. The molecule has 0 bridgehead atoms. The fraction of sp³-hybridized carbons (Fsp3) is 0.588. The van der Waals surface area contributed by atoms with E-state index in [0.717, 1.165) is 13.1 Å². The summed E-state index contributed by atoms with van der Waals surface area (Å²) in [6, 6.07) is 6.50. The normalized spacial score (nSPS) is 18.6. The maximum absolute atomic E-state index is 12.0. The second-order valence-corrected chi connectivity index (χ2v) is 6.34. The summed E-state index contributed by atoms with van der Waals surface area (Å²) in [5.41, 5.74) is 0.514. The summed E-state index contributed by atoms with van der Waals surface area (Å²) < 4.78 is 0. The molecule has 0 aromatic heterocycles. The van der Waals surface area contributed by atoms with Gasteiger partial charge in [-0.3, -0.25) is 14.9 Å². The molecule has 1 aliphatic rings. The first kappa shape index (κ1) is 18.2. The molecule has 24 heavy (non-hydrogen) atoms. The van der Waals surface area contributed by atoms with E-state index in [1.54, 1.807) is 18.2 Å². The second kappa shape index (κ2) is 9.22. The highest BCUT2D eigenvalue weighted by atomic mass is 16.6. The molecule has 1 heterocycles. The standard InChI is InChI=1S/C17H26N4O3/c1-13(14-5-4-8-18-12-14)11-17(22)20-10-9-19-15-6-2-3-7-16(15)21(23)24/h2-3,6-7,13-14,18-19H,4-5,8-12H2,1H3,(H,20,22). The lowest BCUT2D eigenvalue weighted by Crippen LogP contribution is -2.36. The van der Waals surface area contributed by atoms with E-state index in [-0.39, 0.29) is 11.6 Å². The van der Waals surface area contributed by atoms with Gasteiger partial charge in [0, 0.05) is 25.6 Å². The van der Waals surface area contributed by atoms with Gasteiger partial charge in [0.25, 0.3) is 5.69 Å². The molecule has 7 heteroatoms. The fourth-order valence-electron chi connectivity index (χ4n) is 3.08. The Kier molecular flexibility index (Phi) is 6.99. The molecule has 0 saturated carbocycles. The van der Waals surface area contributed by atoms with Gasteiger partial charge in [-0.2, -0.15) is 0 Å². The first-order valence-electron chi connectivity index (χ1n) is 8.52. The van der Waals surface area contributed by atoms with Crippen LogP contribution in [0.25, 0.3) is 0 Å². The minimum atomic E-state index is -0.416. The maximum Gasteiger partial charge on any atom is 0.292 e. The van der Waals surface area contributed by atoms with Gasteiger partial charge in [0.15, 0.2) is 0 Å². The van der Waals surface area contributed by atoms with Gasteiger partial charge < -0.3 is 16.0 Å². The third-order valence-electron chi connectivity index (χ3n) is 4.51. The van der Waals surface area contributed by atoms with Gasteiger partial charge in [-0.05, 0) is 43.8 Å². The number of benzene rings is 1. The van der Waals surface area contributed by atoms with Crippen molar-refractivity contribution in [2.45, 2.75) is 26.2 Å². The van der Waals surface area contributed by atoms with Crippen LogP contribution in [-0.4, -0.2) is 37.0 Å². The van der Waals surface area contributed by atoms with E-state index in [9.17, 15) is 14.9 Å². The number of carbonyl (C=O) groups is 1. The number of anilines is 1. The average Bonchev–Trinajstić information content (AvgIpc) is 2.59. The van der Waals surface area contributed by atoms with Crippen LogP contribution in [0.4, 0.5) is 11.4 Å². The van der Waals surface area contributed by atoms with Gasteiger partial charge in [0.05, 0.1) is 4.92 Å². The van der Waals surface area contributed by atoms with Crippen molar-refractivity contribution < 1.29 is 9.72 Å². The first-order valence-corrected chi connectivity index (χ1v) is 8.52. The smallest absolute Gasteiger partial charge is 0.292 e. The summed E-state index contributed by atoms with van der Waals surface area (Å²) in [5.74, 6) is 0.966. The average molecular weight is 334 g/mol. The number of hydrogen-bond donors (Lipinski definition) is 3. The van der Waals surface area contributed by atoms with Crippen molar-refractivity contribution in [1.29, 1.82) is 0 Å². The number of hydrogen-bond acceptors (Lipinski definition) is 5. The van der Waals surface area contributed by atoms with Crippen LogP contribution in [0.2, 0.25) is 0 Å². The van der Waals surface area contributed by atoms with Crippen LogP contribution < -0.4 is 16.0 Å². The van der Waals surface area contributed by atoms with Gasteiger partial charge in [-0.1, -0.05) is 19.1 Å². The quantitative estimate of drug-likeness (QED) is 0.384. The molecule has 1 aromatic carbocycles. The van der Waals surface area contributed by atoms with E-state index in [4.69, 9.17) is 0 Å². The lowest BCUT2D eigenvalue weighted by atomic mass is 9.85. The van der Waals surface area contributed by atoms with Crippen molar-refractivity contribution in [3.63, 3.8) is 0 Å². The number of piperidine rings is 1. The number of amides is 1. The summed E-state index contributed by atoms with van der Waals surface area (Å²) in [7, 11) is 0. The van der Waals surface area contributed by atoms with Gasteiger partial charge in [-0.25, -0.2) is 0 Å². The van der Waals surface area contributed by atoms with E-state index in [1.807, 2.05) is 0 Å². The first-order chi connectivity index (χ1) is 11.6. The summed E-state index contributed by atoms with van der Waals surface area (Å²) in [6.45, 7) is 5.10. The highest BCUT2D eigenvalue weighted by Gasteiger charge is 2.21. The van der Waals surface area contributed by atoms with Gasteiger partial charge in [-0.15, -0.1) is 0 Å². The highest BCUT2D eigenvalue weighted by Crippen LogP contribution is 2.23. The molecule has 0 aliphatic carbocycles. The van der Waals surface area contributed by atoms with Crippen LogP contribution in [0, 0.1) is 22.0 Å². The maximum atomic E-state index is 12.0. The molecule has 0 spiro atoms. The number of nitrogens with one attached hydrogen (secondary N) is 3. The van der Waals surface area contributed by atoms with Crippen molar-refractivity contribution in [3.05, 3.63) is 34.4 Å². The number of nitro benzene ring substituents is 1. The van der Waals surface area contributed by atoms with Crippen LogP contribution in [0.1, 0.15) is 26.2 Å². The van der Waals surface area contributed by atoms with Crippen LogP contribution in [0.15, 0.2) is 24.3 Å². The Hall–Kier alpha value is -2.15. The lowest BCUT2D eigenvalue weighted by Gasteiger charge is -2.28. The van der Waals surface area contributed by atoms with E-state index in [2.05, 4.69) is 22.9 Å². The van der Waals surface area contributed by atoms with Crippen molar-refractivity contribution in [3.8, 4) is 0 Å². The van der Waals surface area contributed by atoms with Crippen molar-refractivity contribution in [2.24, 2.45) is 11.8 Å². The SMILES string of the molecule is CC(CC(=O)NCCNc1ccccc1[N+](=O)[O-])C1CCCNC1. The number of para-hydroxylation sites is 2. The summed E-state index contributed by atoms with van der Waals surface area (Å²) in [5, 5.41) is 20.2. The van der Waals surface area contributed by atoms with Crippen LogP contribution in [-0.2, 0) is 4.79 Å². The molecule has 1 fully saturated rings. The van der Waals surface area contributed by atoms with Crippen molar-refractivity contribution in [2.75, 3.05) is 31.5 Å². The summed E-state index contributed by atoms with van der Waals surface area (Å²) in [4.78, 5) is 22.5. The summed E-state index contributed by atoms with van der Waals surface area (Å²) >= 11 is 0. The van der Waals surface area contributed by atoms with Crippen LogP contribution in [0.3, 0.4) is 0 Å². The van der Waals surface area contributed by atoms with Gasteiger partial charge >= 0.3 is 0 Å². The Labute approximate surface area is 142 Å². The zero-order valence-electron chi connectivity index (χ0n) is 14.1. The molecule has 3 N–H and O–H groups in total. The minimum Gasteiger partial charge on any atom is -0.378 e. The molecule has 1 saturated heterocycles. The molecule has 2 atom stereocenters. The Balaban J connectivity index is 1.68. The van der Waals surface area contributed by atoms with Crippen molar-refractivity contribution >= 4 is 17.3 Å². The van der Waals surface area contributed by atoms with Crippen LogP contribution >= 0.6 is 0 Å². The molecule has 1 aliphatic heterocycles. The number of nitrogens with zero attached hydrogens (tertiary/aromatic N) is 1. The van der Waals surface area contributed by atoms with Crippen LogP contribution in [0.5, 0.6) is 0 Å². The van der Waals surface area contributed by atoms with E-state index in [0.29, 0.717) is 37.0 Å². The van der Waals surface area contributed by atoms with Gasteiger partial charge in [0.1, 0.15) is 5.69 Å². The second-order valence-electron chi connectivity index (χ2n) is 6.34.